The lowest BCUT2D eigenvalue weighted by Gasteiger charge is -2.17. The third-order valence-electron chi connectivity index (χ3n) is 5.22. The summed E-state index contributed by atoms with van der Waals surface area (Å²) in [5, 5.41) is 0.614. The number of fused-ring (bicyclic) bond motifs is 1. The van der Waals surface area contributed by atoms with Crippen molar-refractivity contribution in [2.45, 2.75) is 38.8 Å². The predicted octanol–water partition coefficient (Wildman–Crippen LogP) is 4.43. The van der Waals surface area contributed by atoms with Crippen molar-refractivity contribution in [1.82, 2.24) is 14.5 Å². The molecule has 1 amide bonds. The molecule has 3 aromatic rings. The number of aromatic nitrogens is 2. The molecule has 0 aliphatic heterocycles. The molecule has 0 unspecified atom stereocenters. The minimum atomic E-state index is -0.442. The zero-order valence-corrected chi connectivity index (χ0v) is 18.5. The third-order valence-corrected chi connectivity index (χ3v) is 5.55. The number of benzene rings is 2. The Morgan fingerprint density at radius 1 is 1.19 bits per heavy atom. The lowest BCUT2D eigenvalue weighted by molar-refractivity contribution is -0.130. The van der Waals surface area contributed by atoms with Crippen LogP contribution in [0.15, 0.2) is 47.3 Å². The first kappa shape index (κ1) is 22.7. The Hall–Kier alpha value is -3.00. The number of carbonyl (C=O) groups is 1. The minimum absolute atomic E-state index is 0.00334. The summed E-state index contributed by atoms with van der Waals surface area (Å²) in [5.41, 5.74) is 1.35. The number of H-pyrrole nitrogens is 1. The van der Waals surface area contributed by atoms with E-state index in [-0.39, 0.29) is 17.2 Å². The number of aromatic amines is 1. The first-order valence-corrected chi connectivity index (χ1v) is 10.6. The van der Waals surface area contributed by atoms with Gasteiger partial charge in [-0.15, -0.1) is 0 Å². The van der Waals surface area contributed by atoms with Gasteiger partial charge in [0.05, 0.1) is 18.0 Å². The summed E-state index contributed by atoms with van der Waals surface area (Å²) in [6, 6.07) is 12.0. The number of rotatable bonds is 9. The van der Waals surface area contributed by atoms with Crippen molar-refractivity contribution in [1.29, 1.82) is 0 Å². The molecular formula is C23H26FN3O3S. The minimum Gasteiger partial charge on any atom is -0.494 e. The van der Waals surface area contributed by atoms with Gasteiger partial charge in [-0.05, 0) is 54.9 Å². The van der Waals surface area contributed by atoms with E-state index in [1.165, 1.54) is 13.2 Å². The van der Waals surface area contributed by atoms with Gasteiger partial charge in [0.25, 0.3) is 5.56 Å². The van der Waals surface area contributed by atoms with Crippen LogP contribution in [0.2, 0.25) is 0 Å². The van der Waals surface area contributed by atoms with Crippen LogP contribution in [0.1, 0.15) is 31.2 Å². The summed E-state index contributed by atoms with van der Waals surface area (Å²) in [4.78, 5) is 29.7. The van der Waals surface area contributed by atoms with E-state index in [1.54, 1.807) is 34.7 Å². The monoisotopic (exact) mass is 443 g/mol. The predicted molar refractivity (Wildman–Crippen MR) is 121 cm³/mol. The van der Waals surface area contributed by atoms with Crippen LogP contribution in [-0.4, -0.2) is 34.5 Å². The van der Waals surface area contributed by atoms with Crippen LogP contribution in [0.3, 0.4) is 0 Å². The second kappa shape index (κ2) is 10.3. The van der Waals surface area contributed by atoms with E-state index in [0.29, 0.717) is 41.7 Å². The van der Waals surface area contributed by atoms with E-state index >= 15 is 0 Å². The Bertz CT molecular complexity index is 1190. The summed E-state index contributed by atoms with van der Waals surface area (Å²) >= 11 is 5.32. The molecule has 0 saturated heterocycles. The van der Waals surface area contributed by atoms with Gasteiger partial charge in [0, 0.05) is 26.6 Å². The fourth-order valence-electron chi connectivity index (χ4n) is 3.49. The number of hydrogen-bond donors (Lipinski definition) is 1. The van der Waals surface area contributed by atoms with Gasteiger partial charge in [-0.25, -0.2) is 4.39 Å². The highest BCUT2D eigenvalue weighted by molar-refractivity contribution is 7.71. The maximum Gasteiger partial charge on any atom is 0.262 e. The molecular weight excluding hydrogens is 417 g/mol. The van der Waals surface area contributed by atoms with Crippen molar-refractivity contribution in [2.24, 2.45) is 0 Å². The second-order valence-electron chi connectivity index (χ2n) is 7.46. The summed E-state index contributed by atoms with van der Waals surface area (Å²) in [6.45, 7) is 0.843. The summed E-state index contributed by atoms with van der Waals surface area (Å²) in [7, 11) is 3.12. The lowest BCUT2D eigenvalue weighted by atomic mass is 10.1. The second-order valence-corrected chi connectivity index (χ2v) is 7.85. The molecule has 0 spiro atoms. The number of halogens is 1. The van der Waals surface area contributed by atoms with Crippen LogP contribution in [0, 0.1) is 10.6 Å². The Morgan fingerprint density at radius 2 is 1.97 bits per heavy atom. The number of para-hydroxylation sites is 1. The van der Waals surface area contributed by atoms with Gasteiger partial charge in [0.1, 0.15) is 0 Å². The summed E-state index contributed by atoms with van der Waals surface area (Å²) in [6.07, 6.45) is 2.65. The molecule has 3 rings (SSSR count). The molecule has 0 aliphatic carbocycles. The van der Waals surface area contributed by atoms with E-state index in [0.717, 1.165) is 18.4 Å². The van der Waals surface area contributed by atoms with Crippen LogP contribution in [-0.2, 0) is 17.9 Å². The number of amides is 1. The Labute approximate surface area is 185 Å². The maximum absolute atomic E-state index is 13.8. The molecule has 0 radical (unpaired) electrons. The molecule has 0 bridgehead atoms. The van der Waals surface area contributed by atoms with Gasteiger partial charge >= 0.3 is 0 Å². The number of hydrogen-bond acceptors (Lipinski definition) is 4. The van der Waals surface area contributed by atoms with Crippen molar-refractivity contribution in [2.75, 3.05) is 14.2 Å². The zero-order chi connectivity index (χ0) is 22.4. The Kier molecular flexibility index (Phi) is 7.57. The van der Waals surface area contributed by atoms with Crippen LogP contribution >= 0.6 is 12.2 Å². The topological polar surface area (TPSA) is 67.3 Å². The number of unbranched alkanes of at least 4 members (excludes halogenated alkanes) is 2. The van der Waals surface area contributed by atoms with Crippen molar-refractivity contribution < 1.29 is 13.9 Å². The fourth-order valence-corrected chi connectivity index (χ4v) is 3.77. The highest BCUT2D eigenvalue weighted by Gasteiger charge is 2.11. The van der Waals surface area contributed by atoms with Gasteiger partial charge in [-0.2, -0.15) is 0 Å². The molecule has 164 valence electrons. The van der Waals surface area contributed by atoms with Gasteiger partial charge in [-0.1, -0.05) is 24.6 Å². The number of nitrogens with one attached hydrogen (secondary N) is 1. The van der Waals surface area contributed by atoms with Crippen molar-refractivity contribution >= 4 is 29.0 Å². The average Bonchev–Trinajstić information content (AvgIpc) is 2.75. The van der Waals surface area contributed by atoms with Gasteiger partial charge in [-0.3, -0.25) is 14.2 Å². The van der Waals surface area contributed by atoms with Crippen molar-refractivity contribution in [3.63, 3.8) is 0 Å². The zero-order valence-electron chi connectivity index (χ0n) is 17.7. The van der Waals surface area contributed by atoms with E-state index in [1.807, 2.05) is 18.2 Å². The summed E-state index contributed by atoms with van der Waals surface area (Å²) in [5.74, 6) is -0.261. The van der Waals surface area contributed by atoms with E-state index in [4.69, 9.17) is 17.0 Å². The molecule has 0 aliphatic rings. The molecule has 0 saturated carbocycles. The van der Waals surface area contributed by atoms with Gasteiger partial charge < -0.3 is 14.6 Å². The normalized spacial score (nSPS) is 10.9. The number of carbonyl (C=O) groups excluding carboxylic acids is 1. The number of nitrogens with zero attached hydrogens (tertiary/aromatic N) is 2. The maximum atomic E-state index is 13.8. The Balaban J connectivity index is 1.47. The first-order valence-electron chi connectivity index (χ1n) is 10.2. The number of methoxy groups -OCH3 is 1. The number of ether oxygens (including phenoxy) is 1. The smallest absolute Gasteiger partial charge is 0.262 e. The fraction of sp³-hybridized carbons (Fsp3) is 0.348. The van der Waals surface area contributed by atoms with Crippen LogP contribution in [0.25, 0.3) is 10.9 Å². The van der Waals surface area contributed by atoms with Crippen LogP contribution in [0.5, 0.6) is 5.75 Å². The molecule has 31 heavy (non-hydrogen) atoms. The van der Waals surface area contributed by atoms with Gasteiger partial charge in [0.15, 0.2) is 16.3 Å². The highest BCUT2D eigenvalue weighted by Crippen LogP contribution is 2.18. The van der Waals surface area contributed by atoms with Crippen molar-refractivity contribution in [3.05, 3.63) is 69.0 Å². The lowest BCUT2D eigenvalue weighted by Crippen LogP contribution is -2.26. The largest absolute Gasteiger partial charge is 0.494 e. The van der Waals surface area contributed by atoms with Crippen LogP contribution in [0.4, 0.5) is 4.39 Å². The average molecular weight is 444 g/mol. The molecule has 0 atom stereocenters. The molecule has 1 N–H and O–H groups in total. The van der Waals surface area contributed by atoms with Gasteiger partial charge in [0.2, 0.25) is 5.91 Å². The summed E-state index contributed by atoms with van der Waals surface area (Å²) < 4.78 is 20.7. The third kappa shape index (κ3) is 5.58. The highest BCUT2D eigenvalue weighted by atomic mass is 32.1. The van der Waals surface area contributed by atoms with E-state index in [9.17, 15) is 14.0 Å². The first-order chi connectivity index (χ1) is 14.9. The van der Waals surface area contributed by atoms with E-state index in [2.05, 4.69) is 4.98 Å². The molecule has 0 fully saturated rings. The Morgan fingerprint density at radius 3 is 2.71 bits per heavy atom. The van der Waals surface area contributed by atoms with Crippen molar-refractivity contribution in [3.8, 4) is 5.75 Å². The van der Waals surface area contributed by atoms with E-state index < -0.39 is 5.82 Å². The molecule has 1 aromatic heterocycles. The SMILES string of the molecule is COc1ccc(CN(C)C(=O)CCCCCn2c(=S)[nH]c3ccccc3c2=O)cc1F. The molecule has 8 heteroatoms. The molecule has 2 aromatic carbocycles. The molecule has 1 heterocycles. The standard InChI is InChI=1S/C23H26FN3O3S/c1-26(15-16-11-12-20(30-2)18(24)14-16)21(28)10-4-3-7-13-27-22(29)17-8-5-6-9-19(17)25-23(27)31/h5-6,8-9,11-12,14H,3-4,7,10,13,15H2,1-2H3,(H,25,31). The van der Waals surface area contributed by atoms with Crippen LogP contribution < -0.4 is 10.3 Å². The quantitative estimate of drug-likeness (QED) is 0.393. The molecule has 6 nitrogen and oxygen atoms in total.